The van der Waals surface area contributed by atoms with Crippen LogP contribution in [0.4, 0.5) is 4.39 Å². The van der Waals surface area contributed by atoms with Gasteiger partial charge in [-0.3, -0.25) is 5.10 Å². The van der Waals surface area contributed by atoms with E-state index in [-0.39, 0.29) is 11.9 Å². The Bertz CT molecular complexity index is 485. The molecule has 1 atom stereocenters. The number of halogens is 1. The highest BCUT2D eigenvalue weighted by Crippen LogP contribution is 2.25. The molecule has 0 aliphatic carbocycles. The molecule has 0 aliphatic rings. The fourth-order valence-electron chi connectivity index (χ4n) is 1.77. The molecule has 0 spiro atoms. The summed E-state index contributed by atoms with van der Waals surface area (Å²) in [5.41, 5.74) is 1.37. The van der Waals surface area contributed by atoms with Gasteiger partial charge in [-0.15, -0.1) is 0 Å². The Kier molecular flexibility index (Phi) is 3.39. The smallest absolute Gasteiger partial charge is 0.132 e. The molecule has 0 saturated carbocycles. The van der Waals surface area contributed by atoms with Crippen LogP contribution in [0.25, 0.3) is 0 Å². The fraction of sp³-hybridized carbons (Fsp3) is 0.250. The van der Waals surface area contributed by atoms with E-state index in [0.29, 0.717) is 11.3 Å². The predicted molar refractivity (Wildman–Crippen MR) is 62.4 cm³/mol. The molecular weight excluding hydrogens is 221 g/mol. The minimum atomic E-state index is -0.307. The third-order valence-electron chi connectivity index (χ3n) is 2.64. The Morgan fingerprint density at radius 2 is 2.24 bits per heavy atom. The van der Waals surface area contributed by atoms with Gasteiger partial charge in [0.05, 0.1) is 18.8 Å². The summed E-state index contributed by atoms with van der Waals surface area (Å²) in [5, 5.41) is 9.75. The van der Waals surface area contributed by atoms with E-state index >= 15 is 0 Å². The molecule has 1 unspecified atom stereocenters. The largest absolute Gasteiger partial charge is 0.497 e. The van der Waals surface area contributed by atoms with E-state index in [1.165, 1.54) is 13.2 Å². The SMILES string of the molecule is CNC(c1ccn[nH]1)c1ccc(OC)cc1F. The molecule has 2 N–H and O–H groups in total. The summed E-state index contributed by atoms with van der Waals surface area (Å²) in [4.78, 5) is 0. The number of benzene rings is 1. The lowest BCUT2D eigenvalue weighted by Crippen LogP contribution is -2.19. The Balaban J connectivity index is 2.38. The highest BCUT2D eigenvalue weighted by molar-refractivity contribution is 5.34. The topological polar surface area (TPSA) is 49.9 Å². The molecule has 2 rings (SSSR count). The number of H-pyrrole nitrogens is 1. The third kappa shape index (κ3) is 2.29. The first-order valence-electron chi connectivity index (χ1n) is 5.26. The van der Waals surface area contributed by atoms with Crippen LogP contribution in [0.3, 0.4) is 0 Å². The normalized spacial score (nSPS) is 12.4. The zero-order valence-corrected chi connectivity index (χ0v) is 9.70. The van der Waals surface area contributed by atoms with Crippen molar-refractivity contribution in [2.45, 2.75) is 6.04 Å². The van der Waals surface area contributed by atoms with E-state index in [4.69, 9.17) is 4.74 Å². The van der Waals surface area contributed by atoms with Crippen molar-refractivity contribution in [2.75, 3.05) is 14.2 Å². The number of aromatic nitrogens is 2. The van der Waals surface area contributed by atoms with Gasteiger partial charge in [0.1, 0.15) is 11.6 Å². The monoisotopic (exact) mass is 235 g/mol. The van der Waals surface area contributed by atoms with Gasteiger partial charge in [-0.2, -0.15) is 5.10 Å². The lowest BCUT2D eigenvalue weighted by atomic mass is 10.0. The summed E-state index contributed by atoms with van der Waals surface area (Å²) in [6, 6.07) is 6.37. The number of ether oxygens (including phenoxy) is 1. The van der Waals surface area contributed by atoms with Crippen LogP contribution in [-0.2, 0) is 0 Å². The van der Waals surface area contributed by atoms with Gasteiger partial charge in [-0.05, 0) is 19.2 Å². The van der Waals surface area contributed by atoms with E-state index in [9.17, 15) is 4.39 Å². The minimum absolute atomic E-state index is 0.247. The second-order valence-corrected chi connectivity index (χ2v) is 3.62. The minimum Gasteiger partial charge on any atom is -0.497 e. The van der Waals surface area contributed by atoms with Crippen molar-refractivity contribution in [3.8, 4) is 5.75 Å². The van der Waals surface area contributed by atoms with Gasteiger partial charge in [-0.1, -0.05) is 6.07 Å². The van der Waals surface area contributed by atoms with Crippen molar-refractivity contribution >= 4 is 0 Å². The first-order valence-corrected chi connectivity index (χ1v) is 5.26. The zero-order valence-electron chi connectivity index (χ0n) is 9.70. The Morgan fingerprint density at radius 1 is 1.41 bits per heavy atom. The molecule has 1 aromatic heterocycles. The molecule has 5 heteroatoms. The molecule has 0 fully saturated rings. The lowest BCUT2D eigenvalue weighted by Gasteiger charge is -2.16. The Morgan fingerprint density at radius 3 is 2.76 bits per heavy atom. The van der Waals surface area contributed by atoms with Gasteiger partial charge < -0.3 is 10.1 Å². The summed E-state index contributed by atoms with van der Waals surface area (Å²) in [7, 11) is 3.29. The first kappa shape index (κ1) is 11.6. The van der Waals surface area contributed by atoms with E-state index in [1.807, 2.05) is 6.07 Å². The molecule has 17 heavy (non-hydrogen) atoms. The van der Waals surface area contributed by atoms with Gasteiger partial charge in [-0.25, -0.2) is 4.39 Å². The first-order chi connectivity index (χ1) is 8.26. The number of hydrogen-bond acceptors (Lipinski definition) is 3. The molecule has 1 heterocycles. The number of hydrogen-bond donors (Lipinski definition) is 2. The fourth-order valence-corrected chi connectivity index (χ4v) is 1.77. The van der Waals surface area contributed by atoms with Gasteiger partial charge in [0.15, 0.2) is 0 Å². The number of nitrogens with zero attached hydrogens (tertiary/aromatic N) is 1. The van der Waals surface area contributed by atoms with Crippen LogP contribution in [0, 0.1) is 5.82 Å². The maximum absolute atomic E-state index is 13.9. The van der Waals surface area contributed by atoms with Crippen molar-refractivity contribution < 1.29 is 9.13 Å². The van der Waals surface area contributed by atoms with Crippen LogP contribution in [-0.4, -0.2) is 24.4 Å². The maximum Gasteiger partial charge on any atom is 0.132 e. The van der Waals surface area contributed by atoms with Crippen molar-refractivity contribution in [3.05, 3.63) is 47.5 Å². The molecular formula is C12H14FN3O. The summed E-state index contributed by atoms with van der Waals surface area (Å²) in [6.45, 7) is 0. The quantitative estimate of drug-likeness (QED) is 0.850. The molecule has 0 saturated heterocycles. The Labute approximate surface area is 98.8 Å². The molecule has 0 bridgehead atoms. The van der Waals surface area contributed by atoms with Gasteiger partial charge in [0.2, 0.25) is 0 Å². The van der Waals surface area contributed by atoms with Crippen LogP contribution in [0.2, 0.25) is 0 Å². The highest BCUT2D eigenvalue weighted by atomic mass is 19.1. The van der Waals surface area contributed by atoms with Gasteiger partial charge in [0, 0.05) is 17.8 Å². The van der Waals surface area contributed by atoms with E-state index in [0.717, 1.165) is 5.69 Å². The van der Waals surface area contributed by atoms with Crippen molar-refractivity contribution in [2.24, 2.45) is 0 Å². The number of nitrogens with one attached hydrogen (secondary N) is 2. The van der Waals surface area contributed by atoms with E-state index < -0.39 is 0 Å². The van der Waals surface area contributed by atoms with Gasteiger partial charge in [0.25, 0.3) is 0 Å². The number of aromatic amines is 1. The molecule has 0 radical (unpaired) electrons. The lowest BCUT2D eigenvalue weighted by molar-refractivity contribution is 0.410. The summed E-state index contributed by atoms with van der Waals surface area (Å²) >= 11 is 0. The van der Waals surface area contributed by atoms with Crippen molar-refractivity contribution in [3.63, 3.8) is 0 Å². The maximum atomic E-state index is 13.9. The van der Waals surface area contributed by atoms with E-state index in [1.54, 1.807) is 25.4 Å². The molecule has 1 aromatic carbocycles. The second kappa shape index (κ2) is 4.97. The molecule has 0 amide bonds. The van der Waals surface area contributed by atoms with E-state index in [2.05, 4.69) is 15.5 Å². The molecule has 4 nitrogen and oxygen atoms in total. The zero-order chi connectivity index (χ0) is 12.3. The average molecular weight is 235 g/mol. The molecule has 0 aliphatic heterocycles. The highest BCUT2D eigenvalue weighted by Gasteiger charge is 2.17. The number of methoxy groups -OCH3 is 1. The van der Waals surface area contributed by atoms with Crippen LogP contribution < -0.4 is 10.1 Å². The summed E-state index contributed by atoms with van der Waals surface area (Å²) in [6.07, 6.45) is 1.64. The van der Waals surface area contributed by atoms with Gasteiger partial charge >= 0.3 is 0 Å². The number of rotatable bonds is 4. The average Bonchev–Trinajstić information content (AvgIpc) is 2.85. The van der Waals surface area contributed by atoms with Crippen molar-refractivity contribution in [1.82, 2.24) is 15.5 Å². The summed E-state index contributed by atoms with van der Waals surface area (Å²) < 4.78 is 18.9. The molecule has 90 valence electrons. The predicted octanol–water partition coefficient (Wildman–Crippen LogP) is 1.87. The van der Waals surface area contributed by atoms with Crippen LogP contribution in [0.5, 0.6) is 5.75 Å². The van der Waals surface area contributed by atoms with Crippen molar-refractivity contribution in [1.29, 1.82) is 0 Å². The summed E-state index contributed by atoms with van der Waals surface area (Å²) in [5.74, 6) is 0.198. The third-order valence-corrected chi connectivity index (χ3v) is 2.64. The molecule has 2 aromatic rings. The van der Waals surface area contributed by atoms with Crippen LogP contribution in [0.15, 0.2) is 30.5 Å². The Hall–Kier alpha value is -1.88. The van der Waals surface area contributed by atoms with Crippen LogP contribution >= 0.6 is 0 Å². The van der Waals surface area contributed by atoms with Crippen LogP contribution in [0.1, 0.15) is 17.3 Å². The standard InChI is InChI=1S/C12H14FN3O/c1-14-12(11-5-6-15-16-11)9-4-3-8(17-2)7-10(9)13/h3-7,12,14H,1-2H3,(H,15,16). The second-order valence-electron chi connectivity index (χ2n) is 3.62.